The highest BCUT2D eigenvalue weighted by molar-refractivity contribution is 6.09. The van der Waals surface area contributed by atoms with Crippen molar-refractivity contribution < 1.29 is 14.3 Å². The van der Waals surface area contributed by atoms with Crippen molar-refractivity contribution in [3.8, 4) is 0 Å². The average molecular weight is 352 g/mol. The van der Waals surface area contributed by atoms with E-state index in [2.05, 4.69) is 4.98 Å². The molecule has 2 aromatic rings. The minimum absolute atomic E-state index is 0.116. The summed E-state index contributed by atoms with van der Waals surface area (Å²) in [6.07, 6.45) is 1.17. The predicted molar refractivity (Wildman–Crippen MR) is 101 cm³/mol. The Hall–Kier alpha value is -2.69. The highest BCUT2D eigenvalue weighted by Gasteiger charge is 2.41. The first-order valence-electron chi connectivity index (χ1n) is 8.69. The number of aromatic nitrogens is 1. The smallest absolute Gasteiger partial charge is 0.414 e. The van der Waals surface area contributed by atoms with Gasteiger partial charge in [0.05, 0.1) is 11.4 Å². The topological polar surface area (TPSA) is 59.5 Å². The Morgan fingerprint density at radius 2 is 1.77 bits per heavy atom. The van der Waals surface area contributed by atoms with Crippen LogP contribution in [0.25, 0.3) is 0 Å². The van der Waals surface area contributed by atoms with Crippen LogP contribution in [-0.4, -0.2) is 29.0 Å². The number of carbonyl (C=O) groups is 2. The van der Waals surface area contributed by atoms with Crippen molar-refractivity contribution >= 4 is 17.6 Å². The SMILES string of the molecule is CC(C)(C)OC(=O)N1CC(C)(C)c2ncc(C(=O)c3ccccc3)cc21. The lowest BCUT2D eigenvalue weighted by molar-refractivity contribution is 0.0579. The first kappa shape index (κ1) is 18.1. The summed E-state index contributed by atoms with van der Waals surface area (Å²) < 4.78 is 5.53. The van der Waals surface area contributed by atoms with Gasteiger partial charge in [0.15, 0.2) is 5.78 Å². The Kier molecular flexibility index (Phi) is 4.34. The van der Waals surface area contributed by atoms with Crippen molar-refractivity contribution in [3.05, 3.63) is 59.4 Å². The summed E-state index contributed by atoms with van der Waals surface area (Å²) in [5.74, 6) is -0.116. The number of carbonyl (C=O) groups excluding carboxylic acids is 2. The number of ketones is 1. The van der Waals surface area contributed by atoms with Gasteiger partial charge in [-0.3, -0.25) is 14.7 Å². The zero-order valence-corrected chi connectivity index (χ0v) is 15.9. The van der Waals surface area contributed by atoms with E-state index in [1.807, 2.05) is 52.8 Å². The fourth-order valence-corrected chi connectivity index (χ4v) is 3.10. The Labute approximate surface area is 154 Å². The molecule has 0 spiro atoms. The van der Waals surface area contributed by atoms with Crippen LogP contribution in [0.3, 0.4) is 0 Å². The lowest BCUT2D eigenvalue weighted by Gasteiger charge is -2.25. The number of hydrogen-bond donors (Lipinski definition) is 0. The first-order chi connectivity index (χ1) is 12.1. The number of fused-ring (bicyclic) bond motifs is 1. The average Bonchev–Trinajstić information content (AvgIpc) is 2.84. The van der Waals surface area contributed by atoms with Gasteiger partial charge in [0.1, 0.15) is 5.60 Å². The van der Waals surface area contributed by atoms with Crippen molar-refractivity contribution in [2.45, 2.75) is 45.6 Å². The maximum Gasteiger partial charge on any atom is 0.414 e. The van der Waals surface area contributed by atoms with Crippen LogP contribution in [0.15, 0.2) is 42.6 Å². The second-order valence-electron chi connectivity index (χ2n) is 8.24. The van der Waals surface area contributed by atoms with E-state index in [4.69, 9.17) is 4.74 Å². The Balaban J connectivity index is 1.99. The lowest BCUT2D eigenvalue weighted by Crippen LogP contribution is -2.38. The molecule has 0 unspecified atom stereocenters. The molecule has 0 aliphatic carbocycles. The van der Waals surface area contributed by atoms with Crippen LogP contribution >= 0.6 is 0 Å². The molecule has 0 N–H and O–H groups in total. The molecule has 0 saturated carbocycles. The number of pyridine rings is 1. The molecule has 0 saturated heterocycles. The van der Waals surface area contributed by atoms with E-state index < -0.39 is 11.7 Å². The van der Waals surface area contributed by atoms with Gasteiger partial charge >= 0.3 is 6.09 Å². The Morgan fingerprint density at radius 3 is 2.38 bits per heavy atom. The number of rotatable bonds is 2. The summed E-state index contributed by atoms with van der Waals surface area (Å²) in [5.41, 5.74) is 1.60. The zero-order chi connectivity index (χ0) is 19.1. The van der Waals surface area contributed by atoms with Crippen molar-refractivity contribution in [2.75, 3.05) is 11.4 Å². The molecule has 1 aromatic heterocycles. The van der Waals surface area contributed by atoms with Crippen LogP contribution < -0.4 is 4.90 Å². The van der Waals surface area contributed by atoms with Gasteiger partial charge in [0.25, 0.3) is 0 Å². The van der Waals surface area contributed by atoms with Crippen LogP contribution in [-0.2, 0) is 10.2 Å². The second kappa shape index (κ2) is 6.24. The fourth-order valence-electron chi connectivity index (χ4n) is 3.10. The van der Waals surface area contributed by atoms with Gasteiger partial charge in [-0.15, -0.1) is 0 Å². The van der Waals surface area contributed by atoms with Crippen LogP contribution in [0, 0.1) is 0 Å². The maximum atomic E-state index is 12.7. The van der Waals surface area contributed by atoms with E-state index >= 15 is 0 Å². The molecule has 0 fully saturated rings. The predicted octanol–water partition coefficient (Wildman–Crippen LogP) is 4.35. The van der Waals surface area contributed by atoms with Crippen LogP contribution in [0.2, 0.25) is 0 Å². The van der Waals surface area contributed by atoms with Gasteiger partial charge in [-0.1, -0.05) is 44.2 Å². The van der Waals surface area contributed by atoms with Crippen molar-refractivity contribution in [1.29, 1.82) is 0 Å². The van der Waals surface area contributed by atoms with E-state index in [0.717, 1.165) is 5.69 Å². The maximum absolute atomic E-state index is 12.7. The third kappa shape index (κ3) is 3.47. The molecule has 3 rings (SSSR count). The van der Waals surface area contributed by atoms with Crippen LogP contribution in [0.5, 0.6) is 0 Å². The second-order valence-corrected chi connectivity index (χ2v) is 8.24. The molecular weight excluding hydrogens is 328 g/mol. The molecule has 0 radical (unpaired) electrons. The summed E-state index contributed by atoms with van der Waals surface area (Å²) in [6.45, 7) is 10.0. The third-order valence-corrected chi connectivity index (χ3v) is 4.26. The zero-order valence-electron chi connectivity index (χ0n) is 15.9. The van der Waals surface area contributed by atoms with E-state index in [1.165, 1.54) is 0 Å². The summed E-state index contributed by atoms with van der Waals surface area (Å²) in [4.78, 5) is 31.5. The van der Waals surface area contributed by atoms with Gasteiger partial charge in [-0.2, -0.15) is 0 Å². The molecule has 0 atom stereocenters. The molecule has 5 nitrogen and oxygen atoms in total. The van der Waals surface area contributed by atoms with Gasteiger partial charge in [-0.05, 0) is 26.8 Å². The minimum Gasteiger partial charge on any atom is -0.443 e. The monoisotopic (exact) mass is 352 g/mol. The van der Waals surface area contributed by atoms with Crippen molar-refractivity contribution in [1.82, 2.24) is 4.98 Å². The van der Waals surface area contributed by atoms with Crippen LogP contribution in [0.1, 0.15) is 56.2 Å². The number of benzene rings is 1. The van der Waals surface area contributed by atoms with Gasteiger partial charge < -0.3 is 4.74 Å². The Morgan fingerprint density at radius 1 is 1.12 bits per heavy atom. The highest BCUT2D eigenvalue weighted by Crippen LogP contribution is 2.40. The third-order valence-electron chi connectivity index (χ3n) is 4.26. The van der Waals surface area contributed by atoms with E-state index in [1.54, 1.807) is 29.3 Å². The molecule has 1 amide bonds. The normalized spacial score (nSPS) is 15.5. The lowest BCUT2D eigenvalue weighted by atomic mass is 9.91. The van der Waals surface area contributed by atoms with E-state index in [9.17, 15) is 9.59 Å². The molecule has 136 valence electrons. The highest BCUT2D eigenvalue weighted by atomic mass is 16.6. The molecule has 26 heavy (non-hydrogen) atoms. The number of hydrogen-bond acceptors (Lipinski definition) is 4. The molecule has 2 heterocycles. The quantitative estimate of drug-likeness (QED) is 0.754. The van der Waals surface area contributed by atoms with Gasteiger partial charge in [0.2, 0.25) is 0 Å². The van der Waals surface area contributed by atoms with Crippen LogP contribution in [0.4, 0.5) is 10.5 Å². The molecule has 1 aliphatic heterocycles. The van der Waals surface area contributed by atoms with Crippen molar-refractivity contribution in [3.63, 3.8) is 0 Å². The summed E-state index contributed by atoms with van der Waals surface area (Å²) >= 11 is 0. The van der Waals surface area contributed by atoms with E-state index in [0.29, 0.717) is 23.4 Å². The number of amides is 1. The minimum atomic E-state index is -0.588. The largest absolute Gasteiger partial charge is 0.443 e. The molecule has 0 bridgehead atoms. The van der Waals surface area contributed by atoms with Crippen molar-refractivity contribution in [2.24, 2.45) is 0 Å². The summed E-state index contributed by atoms with van der Waals surface area (Å²) in [6, 6.07) is 10.8. The van der Waals surface area contributed by atoms with Gasteiger partial charge in [0, 0.05) is 29.3 Å². The molecule has 1 aromatic carbocycles. The molecular formula is C21H24N2O3. The Bertz CT molecular complexity index is 851. The first-order valence-corrected chi connectivity index (χ1v) is 8.69. The fraction of sp³-hybridized carbons (Fsp3) is 0.381. The number of ether oxygens (including phenoxy) is 1. The number of anilines is 1. The van der Waals surface area contributed by atoms with E-state index in [-0.39, 0.29) is 11.2 Å². The summed E-state index contributed by atoms with van der Waals surface area (Å²) in [5, 5.41) is 0. The summed E-state index contributed by atoms with van der Waals surface area (Å²) in [7, 11) is 0. The number of nitrogens with zero attached hydrogens (tertiary/aromatic N) is 2. The standard InChI is InChI=1S/C21H24N2O3/c1-20(2,3)26-19(25)23-13-21(4,5)18-16(23)11-15(12-22-18)17(24)14-9-7-6-8-10-14/h6-12H,13H2,1-5H3. The molecule has 5 heteroatoms. The van der Waals surface area contributed by atoms with Gasteiger partial charge in [-0.25, -0.2) is 4.79 Å². The molecule has 1 aliphatic rings.